The zero-order chi connectivity index (χ0) is 18.7. The smallest absolute Gasteiger partial charge is 0.378 e. The Bertz CT molecular complexity index is 785. The topological polar surface area (TPSA) is 54.5 Å². The maximum atomic E-state index is 13.1. The average molecular weight is 365 g/mol. The number of benzene rings is 1. The molecule has 2 aromatic rings. The van der Waals surface area contributed by atoms with E-state index in [1.165, 1.54) is 12.3 Å². The van der Waals surface area contributed by atoms with Gasteiger partial charge >= 0.3 is 6.18 Å². The molecular formula is C18H18F3N3O2. The highest BCUT2D eigenvalue weighted by molar-refractivity contribution is 6.05. The molecule has 1 aliphatic rings. The lowest BCUT2D eigenvalue weighted by Gasteiger charge is -2.31. The van der Waals surface area contributed by atoms with E-state index in [4.69, 9.17) is 4.74 Å². The van der Waals surface area contributed by atoms with Gasteiger partial charge in [0.25, 0.3) is 5.91 Å². The number of hydrogen-bond donors (Lipinski definition) is 1. The normalized spacial score (nSPS) is 15.0. The van der Waals surface area contributed by atoms with Gasteiger partial charge in [0.2, 0.25) is 0 Å². The maximum Gasteiger partial charge on any atom is 0.416 e. The van der Waals surface area contributed by atoms with Crippen molar-refractivity contribution in [3.8, 4) is 0 Å². The Morgan fingerprint density at radius 2 is 1.92 bits per heavy atom. The number of nitrogens with one attached hydrogen (secondary N) is 1. The first-order valence-corrected chi connectivity index (χ1v) is 8.12. The van der Waals surface area contributed by atoms with E-state index in [1.807, 2.05) is 4.90 Å². The molecule has 5 nitrogen and oxygen atoms in total. The molecule has 138 valence electrons. The molecule has 1 saturated heterocycles. The van der Waals surface area contributed by atoms with E-state index in [-0.39, 0.29) is 11.3 Å². The second-order valence-electron chi connectivity index (χ2n) is 5.97. The first-order chi connectivity index (χ1) is 12.3. The minimum Gasteiger partial charge on any atom is -0.378 e. The second-order valence-corrected chi connectivity index (χ2v) is 5.97. The van der Waals surface area contributed by atoms with Crippen LogP contribution >= 0.6 is 0 Å². The summed E-state index contributed by atoms with van der Waals surface area (Å²) in [6.45, 7) is 3.83. The Morgan fingerprint density at radius 1 is 1.19 bits per heavy atom. The van der Waals surface area contributed by atoms with Crippen LogP contribution in [0, 0.1) is 6.92 Å². The predicted molar refractivity (Wildman–Crippen MR) is 91.4 cm³/mol. The van der Waals surface area contributed by atoms with Crippen molar-refractivity contribution in [2.45, 2.75) is 13.1 Å². The number of alkyl halides is 3. The SMILES string of the molecule is Cc1ccc(C(=O)Nc2cc(C(F)(F)F)ccc2N2CCOCC2)cn1. The third-order valence-electron chi connectivity index (χ3n) is 4.10. The molecule has 2 heterocycles. The van der Waals surface area contributed by atoms with Crippen molar-refractivity contribution in [1.82, 2.24) is 4.98 Å². The molecule has 8 heteroatoms. The van der Waals surface area contributed by atoms with E-state index in [0.717, 1.165) is 17.8 Å². The Labute approximate surface area is 148 Å². The number of morpholine rings is 1. The van der Waals surface area contributed by atoms with Crippen molar-refractivity contribution in [3.63, 3.8) is 0 Å². The summed E-state index contributed by atoms with van der Waals surface area (Å²) < 4.78 is 44.6. The summed E-state index contributed by atoms with van der Waals surface area (Å²) in [6, 6.07) is 6.62. The Morgan fingerprint density at radius 3 is 2.54 bits per heavy atom. The molecule has 3 rings (SSSR count). The number of aromatic nitrogens is 1. The Hall–Kier alpha value is -2.61. The highest BCUT2D eigenvalue weighted by atomic mass is 19.4. The summed E-state index contributed by atoms with van der Waals surface area (Å²) in [4.78, 5) is 18.4. The van der Waals surface area contributed by atoms with Gasteiger partial charge in [-0.25, -0.2) is 0 Å². The fourth-order valence-corrected chi connectivity index (χ4v) is 2.69. The van der Waals surface area contributed by atoms with Crippen molar-refractivity contribution in [2.75, 3.05) is 36.5 Å². The van der Waals surface area contributed by atoms with Crippen molar-refractivity contribution < 1.29 is 22.7 Å². The van der Waals surface area contributed by atoms with E-state index >= 15 is 0 Å². The van der Waals surface area contributed by atoms with Gasteiger partial charge in [-0.1, -0.05) is 0 Å². The zero-order valence-electron chi connectivity index (χ0n) is 14.1. The van der Waals surface area contributed by atoms with Crippen LogP contribution in [0.3, 0.4) is 0 Å². The minimum atomic E-state index is -4.49. The molecule has 26 heavy (non-hydrogen) atoms. The van der Waals surface area contributed by atoms with Gasteiger partial charge in [0.15, 0.2) is 0 Å². The van der Waals surface area contributed by atoms with Gasteiger partial charge in [-0.2, -0.15) is 13.2 Å². The zero-order valence-corrected chi connectivity index (χ0v) is 14.1. The van der Waals surface area contributed by atoms with E-state index in [2.05, 4.69) is 10.3 Å². The number of rotatable bonds is 3. The van der Waals surface area contributed by atoms with Crippen LogP contribution in [0.25, 0.3) is 0 Å². The molecule has 0 spiro atoms. The first kappa shape index (κ1) is 18.2. The van der Waals surface area contributed by atoms with Gasteiger partial charge in [0.05, 0.1) is 35.7 Å². The summed E-state index contributed by atoms with van der Waals surface area (Å²) >= 11 is 0. The van der Waals surface area contributed by atoms with Crippen LogP contribution in [-0.4, -0.2) is 37.2 Å². The third-order valence-corrected chi connectivity index (χ3v) is 4.10. The third kappa shape index (κ3) is 4.13. The molecule has 0 radical (unpaired) electrons. The summed E-state index contributed by atoms with van der Waals surface area (Å²) in [5.74, 6) is -0.508. The van der Waals surface area contributed by atoms with Gasteiger partial charge in [0, 0.05) is 25.0 Å². The lowest BCUT2D eigenvalue weighted by Crippen LogP contribution is -2.36. The number of ether oxygens (including phenoxy) is 1. The van der Waals surface area contributed by atoms with Crippen LogP contribution in [0.5, 0.6) is 0 Å². The number of nitrogens with zero attached hydrogens (tertiary/aromatic N) is 2. The van der Waals surface area contributed by atoms with Crippen molar-refractivity contribution in [3.05, 3.63) is 53.3 Å². The number of halogens is 3. The maximum absolute atomic E-state index is 13.1. The molecule has 0 aliphatic carbocycles. The van der Waals surface area contributed by atoms with Crippen LogP contribution in [-0.2, 0) is 10.9 Å². The minimum absolute atomic E-state index is 0.118. The van der Waals surface area contributed by atoms with Crippen LogP contribution in [0.1, 0.15) is 21.6 Å². The van der Waals surface area contributed by atoms with Crippen molar-refractivity contribution in [1.29, 1.82) is 0 Å². The molecule has 0 atom stereocenters. The van der Waals surface area contributed by atoms with Crippen molar-refractivity contribution >= 4 is 17.3 Å². The highest BCUT2D eigenvalue weighted by Gasteiger charge is 2.32. The van der Waals surface area contributed by atoms with E-state index in [1.54, 1.807) is 19.1 Å². The standard InChI is InChI=1S/C18H18F3N3O2/c1-12-2-3-13(11-22-12)17(25)23-15-10-14(18(19,20)21)4-5-16(15)24-6-8-26-9-7-24/h2-5,10-11H,6-9H2,1H3,(H,23,25). The lowest BCUT2D eigenvalue weighted by atomic mass is 10.1. The Kier molecular flexibility index (Phi) is 5.13. The monoisotopic (exact) mass is 365 g/mol. The molecule has 1 amide bonds. The van der Waals surface area contributed by atoms with Gasteiger partial charge in [-0.05, 0) is 37.3 Å². The molecule has 0 bridgehead atoms. The number of pyridine rings is 1. The van der Waals surface area contributed by atoms with Crippen LogP contribution in [0.4, 0.5) is 24.5 Å². The second kappa shape index (κ2) is 7.33. The van der Waals surface area contributed by atoms with E-state index < -0.39 is 17.6 Å². The summed E-state index contributed by atoms with van der Waals surface area (Å²) in [7, 11) is 0. The molecule has 1 aromatic carbocycles. The van der Waals surface area contributed by atoms with Crippen LogP contribution in [0.15, 0.2) is 36.5 Å². The lowest BCUT2D eigenvalue weighted by molar-refractivity contribution is -0.137. The van der Waals surface area contributed by atoms with Crippen molar-refractivity contribution in [2.24, 2.45) is 0 Å². The summed E-state index contributed by atoms with van der Waals surface area (Å²) in [5, 5.41) is 2.59. The molecule has 1 fully saturated rings. The molecule has 1 N–H and O–H groups in total. The molecule has 0 unspecified atom stereocenters. The molecule has 1 aromatic heterocycles. The van der Waals surface area contributed by atoms with Crippen LogP contribution < -0.4 is 10.2 Å². The molecular weight excluding hydrogens is 347 g/mol. The van der Waals surface area contributed by atoms with Crippen LogP contribution in [0.2, 0.25) is 0 Å². The number of aryl methyl sites for hydroxylation is 1. The Balaban J connectivity index is 1.93. The fourth-order valence-electron chi connectivity index (χ4n) is 2.69. The summed E-state index contributed by atoms with van der Waals surface area (Å²) in [5.41, 5.74) is 0.865. The number of anilines is 2. The van der Waals surface area contributed by atoms with Gasteiger partial charge in [-0.3, -0.25) is 9.78 Å². The summed E-state index contributed by atoms with van der Waals surface area (Å²) in [6.07, 6.45) is -3.10. The van der Waals surface area contributed by atoms with Gasteiger partial charge in [0.1, 0.15) is 0 Å². The van der Waals surface area contributed by atoms with Gasteiger partial charge in [-0.15, -0.1) is 0 Å². The largest absolute Gasteiger partial charge is 0.416 e. The number of carbonyl (C=O) groups is 1. The number of hydrogen-bond acceptors (Lipinski definition) is 4. The molecule has 1 aliphatic heterocycles. The van der Waals surface area contributed by atoms with E-state index in [0.29, 0.717) is 32.0 Å². The van der Waals surface area contributed by atoms with Gasteiger partial charge < -0.3 is 15.0 Å². The number of amides is 1. The average Bonchev–Trinajstić information content (AvgIpc) is 2.62. The molecule has 0 saturated carbocycles. The van der Waals surface area contributed by atoms with E-state index in [9.17, 15) is 18.0 Å². The number of carbonyl (C=O) groups excluding carboxylic acids is 1. The predicted octanol–water partition coefficient (Wildman–Crippen LogP) is 3.50. The first-order valence-electron chi connectivity index (χ1n) is 8.12. The fraction of sp³-hybridized carbons (Fsp3) is 0.333. The quantitative estimate of drug-likeness (QED) is 0.905. The highest BCUT2D eigenvalue weighted by Crippen LogP contribution is 2.36.